The minimum absolute atomic E-state index is 0.176. The van der Waals surface area contributed by atoms with Gasteiger partial charge >= 0.3 is 5.97 Å². The van der Waals surface area contributed by atoms with Gasteiger partial charge in [-0.05, 0) is 54.9 Å². The predicted octanol–water partition coefficient (Wildman–Crippen LogP) is 3.99. The van der Waals surface area contributed by atoms with Crippen LogP contribution in [-0.4, -0.2) is 45.1 Å². The van der Waals surface area contributed by atoms with E-state index >= 15 is 0 Å². The number of thiazole rings is 1. The largest absolute Gasteiger partial charge is 0.496 e. The quantitative estimate of drug-likeness (QED) is 0.335. The number of para-hydroxylation sites is 1. The smallest absolute Gasteiger partial charge is 0.338 e. The maximum Gasteiger partial charge on any atom is 0.338 e. The number of nitrogens with zero attached hydrogens (tertiary/aromatic N) is 2. The molecule has 0 bridgehead atoms. The highest BCUT2D eigenvalue weighted by atomic mass is 79.9. The fourth-order valence-electron chi connectivity index (χ4n) is 4.43. The Balaban J connectivity index is 2.03. The van der Waals surface area contributed by atoms with Crippen LogP contribution in [0.1, 0.15) is 37.9 Å². The molecule has 206 valence electrons. The normalized spacial score (nSPS) is 14.9. The first kappa shape index (κ1) is 28.4. The van der Waals surface area contributed by atoms with E-state index in [0.29, 0.717) is 60.2 Å². The van der Waals surface area contributed by atoms with Gasteiger partial charge in [-0.2, -0.15) is 0 Å². The van der Waals surface area contributed by atoms with E-state index in [4.69, 9.17) is 23.7 Å². The fourth-order valence-corrected chi connectivity index (χ4v) is 5.99. The van der Waals surface area contributed by atoms with Crippen LogP contribution in [0.3, 0.4) is 0 Å². The Morgan fingerprint density at radius 2 is 1.79 bits per heavy atom. The van der Waals surface area contributed by atoms with Crippen LogP contribution in [0, 0.1) is 0 Å². The molecular formula is C28H29BrN2O7S. The molecule has 0 fully saturated rings. The number of carbonyl (C=O) groups is 1. The van der Waals surface area contributed by atoms with E-state index in [9.17, 15) is 9.59 Å². The van der Waals surface area contributed by atoms with E-state index in [1.165, 1.54) is 15.9 Å². The Kier molecular flexibility index (Phi) is 8.81. The highest BCUT2D eigenvalue weighted by molar-refractivity contribution is 9.10. The third-order valence-corrected chi connectivity index (χ3v) is 7.72. The topological polar surface area (TPSA) is 97.6 Å². The van der Waals surface area contributed by atoms with Crippen LogP contribution >= 0.6 is 27.3 Å². The number of carbonyl (C=O) groups excluding carboxylic acids is 1. The Labute approximate surface area is 238 Å². The van der Waals surface area contributed by atoms with Crippen molar-refractivity contribution in [3.63, 3.8) is 0 Å². The summed E-state index contributed by atoms with van der Waals surface area (Å²) in [6, 6.07) is 8.10. The maximum absolute atomic E-state index is 14.0. The number of allylic oxidation sites excluding steroid dienone is 1. The monoisotopic (exact) mass is 616 g/mol. The number of fused-ring (bicyclic) bond motifs is 1. The molecule has 39 heavy (non-hydrogen) atoms. The third kappa shape index (κ3) is 5.33. The van der Waals surface area contributed by atoms with Crippen molar-refractivity contribution in [2.75, 3.05) is 34.5 Å². The van der Waals surface area contributed by atoms with Crippen LogP contribution in [0.15, 0.2) is 55.9 Å². The summed E-state index contributed by atoms with van der Waals surface area (Å²) in [7, 11) is 4.66. The van der Waals surface area contributed by atoms with Crippen molar-refractivity contribution < 1.29 is 28.5 Å². The van der Waals surface area contributed by atoms with Crippen molar-refractivity contribution in [1.29, 1.82) is 0 Å². The number of aromatic nitrogens is 1. The van der Waals surface area contributed by atoms with Crippen LogP contribution in [0.4, 0.5) is 0 Å². The molecule has 0 unspecified atom stereocenters. The number of hydrogen-bond acceptors (Lipinski definition) is 9. The van der Waals surface area contributed by atoms with Crippen LogP contribution < -0.4 is 33.8 Å². The van der Waals surface area contributed by atoms with Crippen molar-refractivity contribution in [3.05, 3.63) is 76.9 Å². The van der Waals surface area contributed by atoms with Crippen molar-refractivity contribution in [1.82, 2.24) is 4.57 Å². The molecule has 9 nitrogen and oxygen atoms in total. The molecule has 0 amide bonds. The minimum Gasteiger partial charge on any atom is -0.496 e. The molecule has 4 rings (SSSR count). The lowest BCUT2D eigenvalue weighted by Crippen LogP contribution is -2.40. The standard InChI is InChI=1S/C28H29BrN2O7S/c1-7-37-25-17(10-9-11-19(25)34-4)24-23(27(33)38-8-2)15(3)30-28-31(24)26(32)22(39-28)13-16-12-18(29)21(36-6)14-20(16)35-5/h9-14,24H,7-8H2,1-6H3/t24-/m1/s1. The van der Waals surface area contributed by atoms with E-state index in [0.717, 1.165) is 0 Å². The van der Waals surface area contributed by atoms with Gasteiger partial charge in [0.25, 0.3) is 5.56 Å². The van der Waals surface area contributed by atoms with E-state index in [-0.39, 0.29) is 17.7 Å². The Bertz CT molecular complexity index is 1620. The average Bonchev–Trinajstić information content (AvgIpc) is 3.22. The first-order valence-corrected chi connectivity index (χ1v) is 13.8. The van der Waals surface area contributed by atoms with Gasteiger partial charge in [-0.3, -0.25) is 9.36 Å². The highest BCUT2D eigenvalue weighted by Gasteiger charge is 2.36. The lowest BCUT2D eigenvalue weighted by atomic mass is 9.94. The van der Waals surface area contributed by atoms with Crippen LogP contribution in [-0.2, 0) is 9.53 Å². The Hall–Kier alpha value is -3.57. The van der Waals surface area contributed by atoms with Crippen LogP contribution in [0.5, 0.6) is 23.0 Å². The molecule has 11 heteroatoms. The molecule has 1 aromatic heterocycles. The highest BCUT2D eigenvalue weighted by Crippen LogP contribution is 2.41. The SMILES string of the molecule is CCOC(=O)C1=C(C)N=c2sc(=Cc3cc(Br)c(OC)cc3OC)c(=O)n2[C@@H]1c1cccc(OC)c1OCC. The summed E-state index contributed by atoms with van der Waals surface area (Å²) in [6.45, 7) is 5.86. The zero-order valence-electron chi connectivity index (χ0n) is 22.5. The molecule has 1 aliphatic rings. The van der Waals surface area contributed by atoms with Gasteiger partial charge in [0.15, 0.2) is 16.3 Å². The molecule has 0 saturated heterocycles. The molecule has 0 spiro atoms. The number of benzene rings is 2. The molecular weight excluding hydrogens is 588 g/mol. The zero-order chi connectivity index (χ0) is 28.3. The number of rotatable bonds is 9. The summed E-state index contributed by atoms with van der Waals surface area (Å²) in [5, 5.41) is 0. The number of esters is 1. The molecule has 1 atom stereocenters. The molecule has 0 aliphatic carbocycles. The van der Waals surface area contributed by atoms with Crippen molar-refractivity contribution >= 4 is 39.3 Å². The second-order valence-electron chi connectivity index (χ2n) is 8.34. The van der Waals surface area contributed by atoms with E-state index in [1.54, 1.807) is 59.5 Å². The Morgan fingerprint density at radius 3 is 2.44 bits per heavy atom. The lowest BCUT2D eigenvalue weighted by molar-refractivity contribution is -0.139. The molecule has 2 heterocycles. The molecule has 0 N–H and O–H groups in total. The fraction of sp³-hybridized carbons (Fsp3) is 0.321. The summed E-state index contributed by atoms with van der Waals surface area (Å²) < 4.78 is 30.5. The van der Waals surface area contributed by atoms with E-state index in [2.05, 4.69) is 20.9 Å². The molecule has 1 aliphatic heterocycles. The van der Waals surface area contributed by atoms with Crippen molar-refractivity contribution in [2.24, 2.45) is 4.99 Å². The second kappa shape index (κ2) is 12.1. The van der Waals surface area contributed by atoms with Gasteiger partial charge in [0.2, 0.25) is 0 Å². The summed E-state index contributed by atoms with van der Waals surface area (Å²) in [5.74, 6) is 1.51. The molecule has 0 saturated carbocycles. The lowest BCUT2D eigenvalue weighted by Gasteiger charge is -2.26. The summed E-state index contributed by atoms with van der Waals surface area (Å²) >= 11 is 4.72. The van der Waals surface area contributed by atoms with Gasteiger partial charge in [-0.1, -0.05) is 23.5 Å². The number of methoxy groups -OCH3 is 3. The number of ether oxygens (including phenoxy) is 5. The second-order valence-corrected chi connectivity index (χ2v) is 10.2. The van der Waals surface area contributed by atoms with Crippen LogP contribution in [0.2, 0.25) is 0 Å². The van der Waals surface area contributed by atoms with Gasteiger partial charge in [0.1, 0.15) is 17.5 Å². The zero-order valence-corrected chi connectivity index (χ0v) is 24.9. The summed E-state index contributed by atoms with van der Waals surface area (Å²) in [5.41, 5.74) is 1.66. The van der Waals surface area contributed by atoms with Crippen molar-refractivity contribution in [2.45, 2.75) is 26.8 Å². The van der Waals surface area contributed by atoms with Gasteiger partial charge < -0.3 is 23.7 Å². The summed E-state index contributed by atoms with van der Waals surface area (Å²) in [4.78, 5) is 32.4. The molecule has 0 radical (unpaired) electrons. The molecule has 3 aromatic rings. The van der Waals surface area contributed by atoms with Gasteiger partial charge in [-0.15, -0.1) is 0 Å². The van der Waals surface area contributed by atoms with Crippen molar-refractivity contribution in [3.8, 4) is 23.0 Å². The van der Waals surface area contributed by atoms with Gasteiger partial charge in [0.05, 0.1) is 54.8 Å². The van der Waals surface area contributed by atoms with Crippen LogP contribution in [0.25, 0.3) is 6.08 Å². The average molecular weight is 618 g/mol. The first-order chi connectivity index (χ1) is 18.8. The van der Waals surface area contributed by atoms with Gasteiger partial charge in [0, 0.05) is 17.2 Å². The molecule has 2 aromatic carbocycles. The Morgan fingerprint density at radius 1 is 1.08 bits per heavy atom. The maximum atomic E-state index is 14.0. The third-order valence-electron chi connectivity index (χ3n) is 6.12. The van der Waals surface area contributed by atoms with E-state index < -0.39 is 12.0 Å². The number of hydrogen-bond donors (Lipinski definition) is 0. The van der Waals surface area contributed by atoms with E-state index in [1.807, 2.05) is 19.1 Å². The number of halogens is 1. The predicted molar refractivity (Wildman–Crippen MR) is 152 cm³/mol. The van der Waals surface area contributed by atoms with Gasteiger partial charge in [-0.25, -0.2) is 9.79 Å². The summed E-state index contributed by atoms with van der Waals surface area (Å²) in [6.07, 6.45) is 1.74. The minimum atomic E-state index is -0.844. The first-order valence-electron chi connectivity index (χ1n) is 12.2.